The van der Waals surface area contributed by atoms with Crippen LogP contribution in [-0.4, -0.2) is 38.9 Å². The van der Waals surface area contributed by atoms with E-state index >= 15 is 0 Å². The number of nitrogens with zero attached hydrogens (tertiary/aromatic N) is 5. The van der Waals surface area contributed by atoms with Crippen LogP contribution in [0, 0.1) is 5.92 Å². The predicted molar refractivity (Wildman–Crippen MR) is 103 cm³/mol. The molecule has 1 aliphatic heterocycles. The maximum atomic E-state index is 12.8. The van der Waals surface area contributed by atoms with Crippen molar-refractivity contribution in [2.24, 2.45) is 5.92 Å². The highest BCUT2D eigenvalue weighted by atomic mass is 16.2. The highest BCUT2D eigenvalue weighted by Gasteiger charge is 2.27. The van der Waals surface area contributed by atoms with Crippen molar-refractivity contribution in [3.8, 4) is 0 Å². The number of amides is 1. The van der Waals surface area contributed by atoms with Crippen LogP contribution in [0.5, 0.6) is 0 Å². The molecule has 4 heterocycles. The minimum atomic E-state index is -0.105. The Kier molecular flexibility index (Phi) is 4.91. The summed E-state index contributed by atoms with van der Waals surface area (Å²) >= 11 is 0. The van der Waals surface area contributed by atoms with Crippen molar-refractivity contribution in [3.05, 3.63) is 54.7 Å². The maximum Gasteiger partial charge on any atom is 0.225 e. The zero-order valence-corrected chi connectivity index (χ0v) is 15.2. The van der Waals surface area contributed by atoms with Crippen molar-refractivity contribution < 1.29 is 4.79 Å². The number of rotatable bonds is 4. The van der Waals surface area contributed by atoms with Crippen molar-refractivity contribution >= 4 is 22.8 Å². The number of carbonyl (C=O) groups excluding carboxylic acids is 1. The first-order valence-corrected chi connectivity index (χ1v) is 9.24. The summed E-state index contributed by atoms with van der Waals surface area (Å²) in [5, 5.41) is 3.10. The van der Waals surface area contributed by atoms with Gasteiger partial charge in [-0.25, -0.2) is 9.97 Å². The fourth-order valence-electron chi connectivity index (χ4n) is 3.48. The van der Waals surface area contributed by atoms with Crippen LogP contribution in [0.4, 0.5) is 5.69 Å². The van der Waals surface area contributed by atoms with Gasteiger partial charge in [0.05, 0.1) is 29.5 Å². The van der Waals surface area contributed by atoms with Crippen molar-refractivity contribution in [2.75, 3.05) is 18.0 Å². The Morgan fingerprint density at radius 2 is 2.07 bits per heavy atom. The monoisotopic (exact) mass is 362 g/mol. The van der Waals surface area contributed by atoms with E-state index in [0.29, 0.717) is 12.2 Å². The fraction of sp³-hybridized carbons (Fsp3) is 0.350. The fourth-order valence-corrected chi connectivity index (χ4v) is 3.48. The molecule has 1 saturated heterocycles. The Hall–Kier alpha value is -3.09. The van der Waals surface area contributed by atoms with E-state index in [1.807, 2.05) is 37.4 Å². The highest BCUT2D eigenvalue weighted by molar-refractivity contribution is 5.80. The molecule has 3 aromatic heterocycles. The van der Waals surface area contributed by atoms with Crippen molar-refractivity contribution in [1.29, 1.82) is 0 Å². The lowest BCUT2D eigenvalue weighted by molar-refractivity contribution is -0.125. The van der Waals surface area contributed by atoms with Gasteiger partial charge < -0.3 is 10.2 Å². The van der Waals surface area contributed by atoms with E-state index < -0.39 is 0 Å². The smallest absolute Gasteiger partial charge is 0.225 e. The Labute approximate surface area is 157 Å². The van der Waals surface area contributed by atoms with E-state index in [1.54, 1.807) is 18.6 Å². The van der Waals surface area contributed by atoms with Gasteiger partial charge in [0.15, 0.2) is 5.65 Å². The van der Waals surface area contributed by atoms with Crippen LogP contribution in [0.1, 0.15) is 31.5 Å². The summed E-state index contributed by atoms with van der Waals surface area (Å²) in [4.78, 5) is 32.2. The zero-order valence-electron chi connectivity index (χ0n) is 15.2. The highest BCUT2D eigenvalue weighted by Crippen LogP contribution is 2.25. The van der Waals surface area contributed by atoms with E-state index in [2.05, 4.69) is 30.2 Å². The van der Waals surface area contributed by atoms with E-state index in [1.165, 1.54) is 0 Å². The number of nitrogens with one attached hydrogen (secondary N) is 1. The standard InChI is InChI=1S/C20H22N6O/c1-14(17-6-2-3-7-21-17)25-20(27)15-5-4-10-26(13-15)16-11-18-19(24-12-16)23-9-8-22-18/h2-3,6-9,11-12,14-15H,4-5,10,13H2,1H3,(H,25,27)/t14-,15+/m1/s1. The second kappa shape index (κ2) is 7.65. The summed E-state index contributed by atoms with van der Waals surface area (Å²) in [6.45, 7) is 3.55. The number of aromatic nitrogens is 4. The quantitative estimate of drug-likeness (QED) is 0.768. The molecule has 1 amide bonds. The van der Waals surface area contributed by atoms with E-state index in [0.717, 1.165) is 36.3 Å². The molecule has 138 valence electrons. The van der Waals surface area contributed by atoms with Crippen molar-refractivity contribution in [2.45, 2.75) is 25.8 Å². The average Bonchev–Trinajstić information content (AvgIpc) is 2.74. The van der Waals surface area contributed by atoms with Crippen LogP contribution in [0.2, 0.25) is 0 Å². The van der Waals surface area contributed by atoms with Gasteiger partial charge in [0.25, 0.3) is 0 Å². The number of fused-ring (bicyclic) bond motifs is 1. The molecule has 1 fully saturated rings. The molecule has 3 aromatic rings. The summed E-state index contributed by atoms with van der Waals surface area (Å²) < 4.78 is 0. The second-order valence-electron chi connectivity index (χ2n) is 6.86. The number of carbonyl (C=O) groups is 1. The molecule has 0 spiro atoms. The number of hydrogen-bond donors (Lipinski definition) is 1. The molecule has 0 unspecified atom stereocenters. The number of hydrogen-bond acceptors (Lipinski definition) is 6. The third kappa shape index (κ3) is 3.86. The molecule has 27 heavy (non-hydrogen) atoms. The lowest BCUT2D eigenvalue weighted by Crippen LogP contribution is -2.43. The molecule has 4 rings (SSSR count). The molecule has 0 radical (unpaired) electrons. The molecule has 0 aromatic carbocycles. The van der Waals surface area contributed by atoms with Gasteiger partial charge in [-0.15, -0.1) is 0 Å². The normalized spacial score (nSPS) is 18.3. The summed E-state index contributed by atoms with van der Waals surface area (Å²) in [5.41, 5.74) is 3.26. The molecule has 1 aliphatic rings. The Balaban J connectivity index is 1.44. The van der Waals surface area contributed by atoms with Crippen LogP contribution in [-0.2, 0) is 4.79 Å². The molecule has 1 N–H and O–H groups in total. The predicted octanol–water partition coefficient (Wildman–Crippen LogP) is 2.51. The first kappa shape index (κ1) is 17.3. The first-order valence-electron chi connectivity index (χ1n) is 9.24. The number of pyridine rings is 2. The summed E-state index contributed by atoms with van der Waals surface area (Å²) in [6, 6.07) is 7.63. The van der Waals surface area contributed by atoms with Gasteiger partial charge in [-0.1, -0.05) is 6.07 Å². The first-order chi connectivity index (χ1) is 13.2. The third-order valence-electron chi connectivity index (χ3n) is 4.96. The van der Waals surface area contributed by atoms with Crippen LogP contribution < -0.4 is 10.2 Å². The van der Waals surface area contributed by atoms with Crippen LogP contribution >= 0.6 is 0 Å². The Bertz CT molecular complexity index is 932. The molecule has 7 nitrogen and oxygen atoms in total. The van der Waals surface area contributed by atoms with Crippen molar-refractivity contribution in [3.63, 3.8) is 0 Å². The summed E-state index contributed by atoms with van der Waals surface area (Å²) in [6.07, 6.45) is 8.72. The molecule has 0 saturated carbocycles. The molecular formula is C20H22N6O. The molecule has 0 bridgehead atoms. The Morgan fingerprint density at radius 3 is 2.93 bits per heavy atom. The van der Waals surface area contributed by atoms with Gasteiger partial charge in [0, 0.05) is 31.7 Å². The molecular weight excluding hydrogens is 340 g/mol. The minimum absolute atomic E-state index is 0.0533. The number of anilines is 1. The largest absolute Gasteiger partial charge is 0.369 e. The lowest BCUT2D eigenvalue weighted by atomic mass is 9.96. The second-order valence-corrected chi connectivity index (χ2v) is 6.86. The van der Waals surface area contributed by atoms with Gasteiger partial charge in [-0.05, 0) is 38.0 Å². The van der Waals surface area contributed by atoms with E-state index in [-0.39, 0.29) is 17.9 Å². The van der Waals surface area contributed by atoms with Crippen LogP contribution in [0.15, 0.2) is 49.1 Å². The number of piperidine rings is 1. The Morgan fingerprint density at radius 1 is 1.19 bits per heavy atom. The van der Waals surface area contributed by atoms with Crippen LogP contribution in [0.3, 0.4) is 0 Å². The molecule has 7 heteroatoms. The molecule has 0 aliphatic carbocycles. The minimum Gasteiger partial charge on any atom is -0.369 e. The van der Waals surface area contributed by atoms with Gasteiger partial charge in [-0.2, -0.15) is 0 Å². The van der Waals surface area contributed by atoms with E-state index in [4.69, 9.17) is 0 Å². The van der Waals surface area contributed by atoms with E-state index in [9.17, 15) is 4.79 Å². The van der Waals surface area contributed by atoms with Gasteiger partial charge in [0.1, 0.15) is 5.52 Å². The lowest BCUT2D eigenvalue weighted by Gasteiger charge is -2.34. The maximum absolute atomic E-state index is 12.8. The zero-order chi connectivity index (χ0) is 18.6. The van der Waals surface area contributed by atoms with Gasteiger partial charge in [-0.3, -0.25) is 14.8 Å². The van der Waals surface area contributed by atoms with Crippen LogP contribution in [0.25, 0.3) is 11.2 Å². The topological polar surface area (TPSA) is 83.9 Å². The average molecular weight is 362 g/mol. The molecule has 2 atom stereocenters. The van der Waals surface area contributed by atoms with Crippen molar-refractivity contribution in [1.82, 2.24) is 25.3 Å². The SMILES string of the molecule is C[C@@H](NC(=O)[C@H]1CCCN(c2cnc3nccnc3c2)C1)c1ccccn1. The third-order valence-corrected chi connectivity index (χ3v) is 4.96. The van der Waals surface area contributed by atoms with Gasteiger partial charge in [0.2, 0.25) is 5.91 Å². The summed E-state index contributed by atoms with van der Waals surface area (Å²) in [7, 11) is 0. The van der Waals surface area contributed by atoms with Gasteiger partial charge >= 0.3 is 0 Å². The summed E-state index contributed by atoms with van der Waals surface area (Å²) in [5.74, 6) is 0.0221.